The van der Waals surface area contributed by atoms with E-state index in [4.69, 9.17) is 0 Å². The van der Waals surface area contributed by atoms with Crippen LogP contribution in [0.1, 0.15) is 33.6 Å². The molecule has 12 heavy (non-hydrogen) atoms. The van der Waals surface area contributed by atoms with Gasteiger partial charge in [0, 0.05) is 5.70 Å². The summed E-state index contributed by atoms with van der Waals surface area (Å²) in [4.78, 5) is 0. The Morgan fingerprint density at radius 2 is 2.42 bits per heavy atom. The summed E-state index contributed by atoms with van der Waals surface area (Å²) in [5.41, 5.74) is 1.31. The number of rotatable bonds is 3. The molecule has 0 saturated heterocycles. The van der Waals surface area contributed by atoms with E-state index in [-0.39, 0.29) is 0 Å². The average molecular weight is 168 g/mol. The largest absolute Gasteiger partial charge is 0.374 e. The topological polar surface area (TPSA) is 24.1 Å². The fraction of sp³-hybridized carbons (Fsp3) is 0.800. The van der Waals surface area contributed by atoms with Crippen LogP contribution in [0.15, 0.2) is 11.8 Å². The van der Waals surface area contributed by atoms with Gasteiger partial charge < -0.3 is 5.32 Å². The maximum atomic E-state index is 3.50. The Bertz CT molecular complexity index is 161. The molecule has 0 fully saturated rings. The summed E-state index contributed by atoms with van der Waals surface area (Å²) in [6, 6.07) is 0. The normalized spacial score (nSPS) is 23.7. The maximum Gasteiger partial charge on any atom is 0.0768 e. The smallest absolute Gasteiger partial charge is 0.0768 e. The van der Waals surface area contributed by atoms with Gasteiger partial charge in [-0.1, -0.05) is 19.9 Å². The van der Waals surface area contributed by atoms with Gasteiger partial charge >= 0.3 is 0 Å². The predicted molar refractivity (Wildman–Crippen MR) is 52.8 cm³/mol. The SMILES string of the molecule is CC1=CCCC(NCC(C)C)N1. The highest BCUT2D eigenvalue weighted by Crippen LogP contribution is 2.07. The van der Waals surface area contributed by atoms with Crippen molar-refractivity contribution in [3.8, 4) is 0 Å². The van der Waals surface area contributed by atoms with Crippen molar-refractivity contribution in [3.63, 3.8) is 0 Å². The van der Waals surface area contributed by atoms with Gasteiger partial charge in [0.05, 0.1) is 6.17 Å². The Balaban J connectivity index is 2.21. The van der Waals surface area contributed by atoms with Gasteiger partial charge in [-0.25, -0.2) is 0 Å². The number of allylic oxidation sites excluding steroid dienone is 2. The van der Waals surface area contributed by atoms with Crippen LogP contribution in [0.2, 0.25) is 0 Å². The average Bonchev–Trinajstić information content (AvgIpc) is 2.01. The van der Waals surface area contributed by atoms with E-state index in [1.807, 2.05) is 0 Å². The third-order valence-electron chi connectivity index (χ3n) is 2.08. The Morgan fingerprint density at radius 1 is 1.67 bits per heavy atom. The first-order valence-electron chi connectivity index (χ1n) is 4.85. The van der Waals surface area contributed by atoms with Crippen molar-refractivity contribution >= 4 is 0 Å². The van der Waals surface area contributed by atoms with Gasteiger partial charge in [-0.3, -0.25) is 5.32 Å². The highest BCUT2D eigenvalue weighted by atomic mass is 15.1. The molecule has 1 aliphatic heterocycles. The van der Waals surface area contributed by atoms with Crippen molar-refractivity contribution in [2.75, 3.05) is 6.54 Å². The van der Waals surface area contributed by atoms with Crippen molar-refractivity contribution in [1.29, 1.82) is 0 Å². The molecule has 1 unspecified atom stereocenters. The maximum absolute atomic E-state index is 3.50. The summed E-state index contributed by atoms with van der Waals surface area (Å²) in [7, 11) is 0. The second-order valence-electron chi connectivity index (χ2n) is 3.96. The summed E-state index contributed by atoms with van der Waals surface area (Å²) < 4.78 is 0. The zero-order chi connectivity index (χ0) is 8.97. The summed E-state index contributed by atoms with van der Waals surface area (Å²) in [6.07, 6.45) is 5.17. The monoisotopic (exact) mass is 168 g/mol. The van der Waals surface area contributed by atoms with E-state index in [2.05, 4.69) is 37.5 Å². The van der Waals surface area contributed by atoms with Crippen LogP contribution in [0.25, 0.3) is 0 Å². The Hall–Kier alpha value is -0.500. The van der Waals surface area contributed by atoms with Gasteiger partial charge in [0.2, 0.25) is 0 Å². The van der Waals surface area contributed by atoms with Gasteiger partial charge in [-0.2, -0.15) is 0 Å². The minimum absolute atomic E-state index is 0.498. The van der Waals surface area contributed by atoms with Gasteiger partial charge in [0.15, 0.2) is 0 Å². The molecule has 0 aromatic rings. The first-order valence-corrected chi connectivity index (χ1v) is 4.85. The molecule has 0 spiro atoms. The summed E-state index contributed by atoms with van der Waals surface area (Å²) in [5.74, 6) is 0.734. The van der Waals surface area contributed by atoms with Crippen LogP contribution in [-0.4, -0.2) is 12.7 Å². The second kappa shape index (κ2) is 4.51. The molecule has 0 bridgehead atoms. The van der Waals surface area contributed by atoms with Crippen molar-refractivity contribution in [2.24, 2.45) is 5.92 Å². The van der Waals surface area contributed by atoms with E-state index in [9.17, 15) is 0 Å². The Labute approximate surface area is 75.4 Å². The molecule has 0 radical (unpaired) electrons. The summed E-state index contributed by atoms with van der Waals surface area (Å²) in [6.45, 7) is 7.70. The van der Waals surface area contributed by atoms with Crippen LogP contribution >= 0.6 is 0 Å². The molecule has 0 saturated carbocycles. The molecule has 1 heterocycles. The number of hydrogen-bond acceptors (Lipinski definition) is 2. The van der Waals surface area contributed by atoms with Crippen LogP contribution in [0, 0.1) is 5.92 Å². The summed E-state index contributed by atoms with van der Waals surface area (Å²) >= 11 is 0. The molecule has 1 aliphatic rings. The van der Waals surface area contributed by atoms with Gasteiger partial charge in [-0.15, -0.1) is 0 Å². The quantitative estimate of drug-likeness (QED) is 0.672. The second-order valence-corrected chi connectivity index (χ2v) is 3.96. The van der Waals surface area contributed by atoms with Crippen LogP contribution in [-0.2, 0) is 0 Å². The van der Waals surface area contributed by atoms with Crippen LogP contribution in [0.4, 0.5) is 0 Å². The standard InChI is InChI=1S/C10H20N2/c1-8(2)7-11-10-6-4-5-9(3)12-10/h5,8,10-12H,4,6-7H2,1-3H3. The summed E-state index contributed by atoms with van der Waals surface area (Å²) in [5, 5.41) is 6.92. The fourth-order valence-corrected chi connectivity index (χ4v) is 1.40. The minimum Gasteiger partial charge on any atom is -0.374 e. The molecule has 0 amide bonds. The lowest BCUT2D eigenvalue weighted by atomic mass is 10.1. The molecule has 2 N–H and O–H groups in total. The molecule has 0 aromatic carbocycles. The highest BCUT2D eigenvalue weighted by molar-refractivity contribution is 5.01. The van der Waals surface area contributed by atoms with Gasteiger partial charge in [-0.05, 0) is 32.2 Å². The molecule has 2 nitrogen and oxygen atoms in total. The number of nitrogens with one attached hydrogen (secondary N) is 2. The van der Waals surface area contributed by atoms with E-state index in [1.54, 1.807) is 0 Å². The zero-order valence-electron chi connectivity index (χ0n) is 8.35. The molecule has 2 heteroatoms. The minimum atomic E-state index is 0.498. The van der Waals surface area contributed by atoms with Crippen LogP contribution < -0.4 is 10.6 Å². The van der Waals surface area contributed by atoms with Crippen LogP contribution in [0.5, 0.6) is 0 Å². The van der Waals surface area contributed by atoms with E-state index in [1.165, 1.54) is 18.5 Å². The van der Waals surface area contributed by atoms with E-state index in [0.29, 0.717) is 6.17 Å². The lowest BCUT2D eigenvalue weighted by Gasteiger charge is -2.25. The zero-order valence-corrected chi connectivity index (χ0v) is 8.35. The van der Waals surface area contributed by atoms with Gasteiger partial charge in [0.1, 0.15) is 0 Å². The lowest BCUT2D eigenvalue weighted by molar-refractivity contribution is 0.392. The Kier molecular flexibility index (Phi) is 3.60. The molecule has 70 valence electrons. The third kappa shape index (κ3) is 3.26. The molecule has 0 aliphatic carbocycles. The number of hydrogen-bond donors (Lipinski definition) is 2. The predicted octanol–water partition coefficient (Wildman–Crippen LogP) is 1.85. The lowest BCUT2D eigenvalue weighted by Crippen LogP contribution is -2.44. The van der Waals surface area contributed by atoms with Crippen molar-refractivity contribution in [2.45, 2.75) is 39.8 Å². The molecular formula is C10H20N2. The van der Waals surface area contributed by atoms with E-state index in [0.717, 1.165) is 12.5 Å². The Morgan fingerprint density at radius 3 is 3.00 bits per heavy atom. The van der Waals surface area contributed by atoms with Crippen LogP contribution in [0.3, 0.4) is 0 Å². The molecule has 1 rings (SSSR count). The highest BCUT2D eigenvalue weighted by Gasteiger charge is 2.10. The van der Waals surface area contributed by atoms with E-state index >= 15 is 0 Å². The first kappa shape index (κ1) is 9.59. The van der Waals surface area contributed by atoms with Crippen molar-refractivity contribution in [3.05, 3.63) is 11.8 Å². The van der Waals surface area contributed by atoms with E-state index < -0.39 is 0 Å². The van der Waals surface area contributed by atoms with Crippen molar-refractivity contribution in [1.82, 2.24) is 10.6 Å². The molecule has 0 aromatic heterocycles. The fourth-order valence-electron chi connectivity index (χ4n) is 1.40. The van der Waals surface area contributed by atoms with Gasteiger partial charge in [0.25, 0.3) is 0 Å². The first-order chi connectivity index (χ1) is 5.68. The molecular weight excluding hydrogens is 148 g/mol. The molecule has 1 atom stereocenters. The van der Waals surface area contributed by atoms with Crippen molar-refractivity contribution < 1.29 is 0 Å². The third-order valence-corrected chi connectivity index (χ3v) is 2.08.